The van der Waals surface area contributed by atoms with E-state index in [1.54, 1.807) is 0 Å². The van der Waals surface area contributed by atoms with Crippen molar-refractivity contribution in [2.45, 2.75) is 104 Å². The van der Waals surface area contributed by atoms with Gasteiger partial charge < -0.3 is 9.84 Å². The summed E-state index contributed by atoms with van der Waals surface area (Å²) >= 11 is 0. The van der Waals surface area contributed by atoms with Crippen LogP contribution in [0.5, 0.6) is 0 Å². The molecule has 1 saturated heterocycles. The summed E-state index contributed by atoms with van der Waals surface area (Å²) in [6, 6.07) is 0. The number of Topliss-reactive ketones (excluding diaryl/α,β-unsaturated/α-hetero) is 1. The lowest BCUT2D eigenvalue weighted by Crippen LogP contribution is -2.33. The molecule has 140 valence electrons. The van der Waals surface area contributed by atoms with E-state index in [2.05, 4.69) is 33.8 Å². The van der Waals surface area contributed by atoms with Crippen LogP contribution in [-0.2, 0) is 9.53 Å². The first-order valence-corrected chi connectivity index (χ1v) is 9.91. The molecule has 5 atom stereocenters. The Morgan fingerprint density at radius 2 is 1.88 bits per heavy atom. The minimum Gasteiger partial charge on any atom is -0.392 e. The molecule has 24 heavy (non-hydrogen) atoms. The Labute approximate surface area is 148 Å². The standard InChI is InChI=1S/C21H38O3/c1-7-17(12-11-13-21(10-4)16(6)24-21)14-15(5)20(23)18(8-2)19(22)9-3/h12,15-16,18,20,23H,7-11,13-14H2,1-6H3/b17-12+/t15-,16?,18+,20?,21?/m1/s1. The number of aliphatic hydroxyl groups is 1. The second-order valence-corrected chi connectivity index (χ2v) is 7.44. The van der Waals surface area contributed by atoms with Gasteiger partial charge in [0.25, 0.3) is 0 Å². The van der Waals surface area contributed by atoms with E-state index in [-0.39, 0.29) is 23.2 Å². The molecule has 0 bridgehead atoms. The highest BCUT2D eigenvalue weighted by atomic mass is 16.6. The zero-order chi connectivity index (χ0) is 18.3. The molecule has 3 heteroatoms. The molecule has 1 rings (SSSR count). The fourth-order valence-electron chi connectivity index (χ4n) is 3.87. The molecule has 0 spiro atoms. The molecule has 3 unspecified atom stereocenters. The molecule has 1 aliphatic rings. The van der Waals surface area contributed by atoms with E-state index >= 15 is 0 Å². The van der Waals surface area contributed by atoms with Crippen molar-refractivity contribution < 1.29 is 14.6 Å². The minimum atomic E-state index is -0.536. The van der Waals surface area contributed by atoms with Gasteiger partial charge in [0.2, 0.25) is 0 Å². The van der Waals surface area contributed by atoms with Crippen LogP contribution in [0.3, 0.4) is 0 Å². The molecule has 1 fully saturated rings. The summed E-state index contributed by atoms with van der Waals surface area (Å²) in [5.41, 5.74) is 1.50. The first-order valence-electron chi connectivity index (χ1n) is 9.91. The predicted molar refractivity (Wildman–Crippen MR) is 100 cm³/mol. The number of ether oxygens (including phenoxy) is 1. The Hall–Kier alpha value is -0.670. The number of aliphatic hydroxyl groups excluding tert-OH is 1. The van der Waals surface area contributed by atoms with Gasteiger partial charge in [-0.25, -0.2) is 0 Å². The van der Waals surface area contributed by atoms with Crippen molar-refractivity contribution in [1.29, 1.82) is 0 Å². The Morgan fingerprint density at radius 3 is 2.29 bits per heavy atom. The van der Waals surface area contributed by atoms with E-state index in [4.69, 9.17) is 4.74 Å². The number of hydrogen-bond donors (Lipinski definition) is 1. The Balaban J connectivity index is 2.56. The summed E-state index contributed by atoms with van der Waals surface area (Å²) in [5.74, 6) is 0.0868. The van der Waals surface area contributed by atoms with Gasteiger partial charge in [0.15, 0.2) is 0 Å². The number of rotatable bonds is 12. The third kappa shape index (κ3) is 5.42. The van der Waals surface area contributed by atoms with Crippen LogP contribution in [-0.4, -0.2) is 28.7 Å². The molecular formula is C21H38O3. The minimum absolute atomic E-state index is 0.112. The van der Waals surface area contributed by atoms with Gasteiger partial charge in [0, 0.05) is 12.3 Å². The topological polar surface area (TPSA) is 49.8 Å². The largest absolute Gasteiger partial charge is 0.392 e. The van der Waals surface area contributed by atoms with Crippen molar-refractivity contribution in [3.8, 4) is 0 Å². The van der Waals surface area contributed by atoms with Crippen LogP contribution in [0.25, 0.3) is 0 Å². The maximum atomic E-state index is 12.0. The average Bonchev–Trinajstić information content (AvgIpc) is 3.24. The maximum Gasteiger partial charge on any atom is 0.138 e. The number of allylic oxidation sites excluding steroid dienone is 2. The molecule has 0 radical (unpaired) electrons. The van der Waals surface area contributed by atoms with E-state index in [0.717, 1.165) is 38.5 Å². The fraction of sp³-hybridized carbons (Fsp3) is 0.857. The smallest absolute Gasteiger partial charge is 0.138 e. The third-order valence-corrected chi connectivity index (χ3v) is 5.93. The first kappa shape index (κ1) is 21.4. The van der Waals surface area contributed by atoms with E-state index in [1.165, 1.54) is 5.57 Å². The molecule has 0 amide bonds. The van der Waals surface area contributed by atoms with Crippen LogP contribution in [0.15, 0.2) is 11.6 Å². The van der Waals surface area contributed by atoms with E-state index < -0.39 is 6.10 Å². The van der Waals surface area contributed by atoms with Gasteiger partial charge in [0.1, 0.15) is 5.78 Å². The summed E-state index contributed by atoms with van der Waals surface area (Å²) in [7, 11) is 0. The van der Waals surface area contributed by atoms with Crippen molar-refractivity contribution in [2.75, 3.05) is 0 Å². The molecule has 3 nitrogen and oxygen atoms in total. The van der Waals surface area contributed by atoms with Gasteiger partial charge in [-0.1, -0.05) is 46.3 Å². The SMILES string of the molecule is CCC(=O)[C@H](CC)C(O)[C@H](C)C/C(=C/CCC1(CC)OC1C)CC. The summed E-state index contributed by atoms with van der Waals surface area (Å²) in [4.78, 5) is 12.0. The number of epoxide rings is 1. The molecule has 0 aromatic heterocycles. The number of ketones is 1. The monoisotopic (exact) mass is 338 g/mol. The number of hydrogen-bond acceptors (Lipinski definition) is 3. The number of carbonyl (C=O) groups excluding carboxylic acids is 1. The van der Waals surface area contributed by atoms with Gasteiger partial charge in [-0.15, -0.1) is 0 Å². The van der Waals surface area contributed by atoms with E-state index in [0.29, 0.717) is 12.5 Å². The average molecular weight is 339 g/mol. The molecule has 1 N–H and O–H groups in total. The highest BCUT2D eigenvalue weighted by Gasteiger charge is 2.50. The molecular weight excluding hydrogens is 300 g/mol. The van der Waals surface area contributed by atoms with Gasteiger partial charge in [-0.05, 0) is 51.4 Å². The highest BCUT2D eigenvalue weighted by Crippen LogP contribution is 2.43. The Morgan fingerprint density at radius 1 is 1.25 bits per heavy atom. The molecule has 0 aromatic rings. The van der Waals surface area contributed by atoms with Crippen molar-refractivity contribution >= 4 is 5.78 Å². The second kappa shape index (κ2) is 9.72. The lowest BCUT2D eigenvalue weighted by Gasteiger charge is -2.26. The first-order chi connectivity index (χ1) is 11.3. The zero-order valence-corrected chi connectivity index (χ0v) is 16.6. The predicted octanol–water partition coefficient (Wildman–Crippen LogP) is 5.06. The molecule has 0 saturated carbocycles. The Bertz CT molecular complexity index is 425. The van der Waals surface area contributed by atoms with Crippen LogP contribution in [0.1, 0.15) is 86.5 Å². The maximum absolute atomic E-state index is 12.0. The summed E-state index contributed by atoms with van der Waals surface area (Å²) in [6.45, 7) is 12.5. The fourth-order valence-corrected chi connectivity index (χ4v) is 3.87. The van der Waals surface area contributed by atoms with Crippen LogP contribution in [0.4, 0.5) is 0 Å². The highest BCUT2D eigenvalue weighted by molar-refractivity contribution is 5.81. The lowest BCUT2D eigenvalue weighted by molar-refractivity contribution is -0.127. The van der Waals surface area contributed by atoms with Crippen LogP contribution in [0, 0.1) is 11.8 Å². The zero-order valence-electron chi connectivity index (χ0n) is 16.6. The van der Waals surface area contributed by atoms with Crippen molar-refractivity contribution in [3.63, 3.8) is 0 Å². The quantitative estimate of drug-likeness (QED) is 0.399. The van der Waals surface area contributed by atoms with Crippen LogP contribution in [0.2, 0.25) is 0 Å². The van der Waals surface area contributed by atoms with Crippen LogP contribution >= 0.6 is 0 Å². The second-order valence-electron chi connectivity index (χ2n) is 7.44. The lowest BCUT2D eigenvalue weighted by atomic mass is 9.82. The summed E-state index contributed by atoms with van der Waals surface area (Å²) < 4.78 is 5.77. The van der Waals surface area contributed by atoms with Crippen molar-refractivity contribution in [3.05, 3.63) is 11.6 Å². The van der Waals surface area contributed by atoms with Crippen molar-refractivity contribution in [2.24, 2.45) is 11.8 Å². The van der Waals surface area contributed by atoms with E-state index in [9.17, 15) is 9.90 Å². The molecule has 0 aliphatic carbocycles. The summed E-state index contributed by atoms with van der Waals surface area (Å²) in [6.07, 6.45) is 8.50. The third-order valence-electron chi connectivity index (χ3n) is 5.93. The van der Waals surface area contributed by atoms with Crippen molar-refractivity contribution in [1.82, 2.24) is 0 Å². The van der Waals surface area contributed by atoms with Gasteiger partial charge in [-0.3, -0.25) is 4.79 Å². The van der Waals surface area contributed by atoms with E-state index in [1.807, 2.05) is 13.8 Å². The normalized spacial score (nSPS) is 27.6. The molecule has 1 aliphatic heterocycles. The summed E-state index contributed by atoms with van der Waals surface area (Å²) in [5, 5.41) is 10.6. The van der Waals surface area contributed by atoms with Gasteiger partial charge >= 0.3 is 0 Å². The molecule has 0 aromatic carbocycles. The number of carbonyl (C=O) groups is 1. The van der Waals surface area contributed by atoms with Gasteiger partial charge in [-0.2, -0.15) is 0 Å². The van der Waals surface area contributed by atoms with Gasteiger partial charge in [0.05, 0.1) is 17.8 Å². The Kier molecular flexibility index (Phi) is 8.66. The van der Waals surface area contributed by atoms with Crippen LogP contribution < -0.4 is 0 Å². The molecule has 1 heterocycles.